The first-order valence-electron chi connectivity index (χ1n) is 11.0. The van der Waals surface area contributed by atoms with Gasteiger partial charge in [-0.3, -0.25) is 4.90 Å². The summed E-state index contributed by atoms with van der Waals surface area (Å²) in [7, 11) is -2.09. The Morgan fingerprint density at radius 3 is 2.47 bits per heavy atom. The van der Waals surface area contributed by atoms with Crippen LogP contribution in [-0.4, -0.2) is 77.8 Å². The van der Waals surface area contributed by atoms with Gasteiger partial charge in [-0.05, 0) is 24.7 Å². The lowest BCUT2D eigenvalue weighted by Crippen LogP contribution is -2.49. The lowest BCUT2D eigenvalue weighted by molar-refractivity contribution is 0.0993. The molecule has 1 unspecified atom stereocenters. The fraction of sp³-hybridized carbons (Fsp3) is 0.478. The van der Waals surface area contributed by atoms with E-state index in [-0.39, 0.29) is 17.5 Å². The maximum atomic E-state index is 13.1. The molecule has 0 spiro atoms. The van der Waals surface area contributed by atoms with Crippen molar-refractivity contribution >= 4 is 10.0 Å². The van der Waals surface area contributed by atoms with E-state index in [1.165, 1.54) is 6.07 Å². The van der Waals surface area contributed by atoms with Gasteiger partial charge in [0.25, 0.3) is 0 Å². The average Bonchev–Trinajstić information content (AvgIpc) is 2.84. The highest BCUT2D eigenvalue weighted by molar-refractivity contribution is 7.89. The first-order chi connectivity index (χ1) is 15.5. The smallest absolute Gasteiger partial charge is 0.240 e. The molecule has 2 aliphatic rings. The van der Waals surface area contributed by atoms with Crippen molar-refractivity contribution in [3.05, 3.63) is 48.0 Å². The molecular weight excluding hydrogens is 430 g/mol. The number of hydrogen-bond donors (Lipinski definition) is 1. The minimum Gasteiger partial charge on any atom is -0.496 e. The minimum atomic E-state index is -3.73. The van der Waals surface area contributed by atoms with Crippen LogP contribution in [0.2, 0.25) is 0 Å². The molecular formula is C23H31N3O5S. The summed E-state index contributed by atoms with van der Waals surface area (Å²) in [5.41, 5.74) is 0.977. The molecule has 9 heteroatoms. The zero-order valence-corrected chi connectivity index (χ0v) is 19.4. The van der Waals surface area contributed by atoms with Gasteiger partial charge >= 0.3 is 0 Å². The average molecular weight is 462 g/mol. The standard InChI is InChI=1S/C23H31N3O5S/c1-3-25-10-12-26(13-11-25)20(19-6-4-5-7-21(19)29-2)17-24-32(27,28)18-8-9-22-23(16-18)31-15-14-30-22/h4-9,16,20,24H,3,10-15,17H2,1-2H3. The molecule has 0 bridgehead atoms. The van der Waals surface area contributed by atoms with Crippen LogP contribution in [0.15, 0.2) is 47.4 Å². The molecule has 8 nitrogen and oxygen atoms in total. The summed E-state index contributed by atoms with van der Waals surface area (Å²) in [6, 6.07) is 12.4. The number of methoxy groups -OCH3 is 1. The summed E-state index contributed by atoms with van der Waals surface area (Å²) < 4.78 is 45.7. The normalized spacial score (nSPS) is 18.3. The second-order valence-electron chi connectivity index (χ2n) is 7.89. The van der Waals surface area contributed by atoms with E-state index < -0.39 is 10.0 Å². The van der Waals surface area contributed by atoms with Crippen molar-refractivity contribution in [2.45, 2.75) is 17.9 Å². The molecule has 1 N–H and O–H groups in total. The zero-order valence-electron chi connectivity index (χ0n) is 18.6. The largest absolute Gasteiger partial charge is 0.496 e. The van der Waals surface area contributed by atoms with Gasteiger partial charge in [0.2, 0.25) is 10.0 Å². The lowest BCUT2D eigenvalue weighted by atomic mass is 10.0. The predicted octanol–water partition coefficient (Wildman–Crippen LogP) is 2.12. The molecule has 4 rings (SSSR count). The van der Waals surface area contributed by atoms with E-state index in [1.54, 1.807) is 19.2 Å². The van der Waals surface area contributed by atoms with Crippen LogP contribution in [0.5, 0.6) is 17.2 Å². The van der Waals surface area contributed by atoms with Gasteiger partial charge in [-0.25, -0.2) is 13.1 Å². The molecule has 2 heterocycles. The molecule has 0 radical (unpaired) electrons. The number of benzene rings is 2. The van der Waals surface area contributed by atoms with Crippen LogP contribution in [0.25, 0.3) is 0 Å². The SMILES string of the molecule is CCN1CCN(C(CNS(=O)(=O)c2ccc3c(c2)OCCO3)c2ccccc2OC)CC1. The number of fused-ring (bicyclic) bond motifs is 1. The third kappa shape index (κ3) is 5.01. The first-order valence-corrected chi connectivity index (χ1v) is 12.5. The van der Waals surface area contributed by atoms with Gasteiger partial charge in [0, 0.05) is 44.4 Å². The predicted molar refractivity (Wildman–Crippen MR) is 122 cm³/mol. The Morgan fingerprint density at radius 1 is 1.03 bits per heavy atom. The molecule has 2 aliphatic heterocycles. The van der Waals surface area contributed by atoms with Crippen molar-refractivity contribution in [3.63, 3.8) is 0 Å². The number of ether oxygens (including phenoxy) is 3. The fourth-order valence-corrected chi connectivity index (χ4v) is 5.28. The summed E-state index contributed by atoms with van der Waals surface area (Å²) in [6.07, 6.45) is 0. The van der Waals surface area contributed by atoms with Crippen molar-refractivity contribution in [2.24, 2.45) is 0 Å². The Morgan fingerprint density at radius 2 is 1.75 bits per heavy atom. The van der Waals surface area contributed by atoms with Gasteiger partial charge < -0.3 is 19.1 Å². The number of sulfonamides is 1. The van der Waals surface area contributed by atoms with E-state index in [2.05, 4.69) is 21.4 Å². The van der Waals surface area contributed by atoms with E-state index in [1.807, 2.05) is 24.3 Å². The van der Waals surface area contributed by atoms with E-state index in [0.29, 0.717) is 24.7 Å². The Balaban J connectivity index is 1.55. The van der Waals surface area contributed by atoms with Crippen LogP contribution in [0, 0.1) is 0 Å². The summed E-state index contributed by atoms with van der Waals surface area (Å²) >= 11 is 0. The van der Waals surface area contributed by atoms with Gasteiger partial charge in [-0.1, -0.05) is 25.1 Å². The van der Waals surface area contributed by atoms with Gasteiger partial charge in [0.05, 0.1) is 18.0 Å². The summed E-state index contributed by atoms with van der Waals surface area (Å²) in [6.45, 7) is 7.92. The maximum absolute atomic E-state index is 13.1. The summed E-state index contributed by atoms with van der Waals surface area (Å²) in [4.78, 5) is 4.89. The van der Waals surface area contributed by atoms with Crippen molar-refractivity contribution in [3.8, 4) is 17.2 Å². The third-order valence-corrected chi connectivity index (χ3v) is 7.50. The molecule has 0 saturated carbocycles. The van der Waals surface area contributed by atoms with Crippen LogP contribution in [0.4, 0.5) is 0 Å². The second-order valence-corrected chi connectivity index (χ2v) is 9.65. The van der Waals surface area contributed by atoms with Crippen LogP contribution in [0.3, 0.4) is 0 Å². The van der Waals surface area contributed by atoms with Gasteiger partial charge in [0.15, 0.2) is 11.5 Å². The molecule has 32 heavy (non-hydrogen) atoms. The third-order valence-electron chi connectivity index (χ3n) is 6.08. The van der Waals surface area contributed by atoms with Crippen molar-refractivity contribution in [1.29, 1.82) is 0 Å². The quantitative estimate of drug-likeness (QED) is 0.645. The molecule has 0 amide bonds. The van der Waals surface area contributed by atoms with Crippen LogP contribution < -0.4 is 18.9 Å². The number of hydrogen-bond acceptors (Lipinski definition) is 7. The number of piperazine rings is 1. The highest BCUT2D eigenvalue weighted by atomic mass is 32.2. The highest BCUT2D eigenvalue weighted by Crippen LogP contribution is 2.33. The van der Waals surface area contributed by atoms with Crippen molar-refractivity contribution in [2.75, 3.05) is 59.6 Å². The highest BCUT2D eigenvalue weighted by Gasteiger charge is 2.29. The molecule has 1 saturated heterocycles. The number of nitrogens with zero attached hydrogens (tertiary/aromatic N) is 2. The Kier molecular flexibility index (Phi) is 7.20. The van der Waals surface area contributed by atoms with Gasteiger partial charge in [-0.15, -0.1) is 0 Å². The Bertz CT molecular complexity index is 1020. The fourth-order valence-electron chi connectivity index (χ4n) is 4.23. The number of rotatable bonds is 8. The zero-order chi connectivity index (χ0) is 22.6. The van der Waals surface area contributed by atoms with Crippen LogP contribution in [-0.2, 0) is 10.0 Å². The number of nitrogens with one attached hydrogen (secondary N) is 1. The van der Waals surface area contributed by atoms with Crippen molar-refractivity contribution < 1.29 is 22.6 Å². The molecule has 174 valence electrons. The molecule has 2 aromatic rings. The second kappa shape index (κ2) is 10.1. The number of likely N-dealkylation sites (N-methyl/N-ethyl adjacent to an activating group) is 1. The van der Waals surface area contributed by atoms with Crippen molar-refractivity contribution in [1.82, 2.24) is 14.5 Å². The monoisotopic (exact) mass is 461 g/mol. The molecule has 0 aromatic heterocycles. The summed E-state index contributed by atoms with van der Waals surface area (Å²) in [5, 5.41) is 0. The minimum absolute atomic E-state index is 0.142. The Labute approximate surface area is 190 Å². The topological polar surface area (TPSA) is 80.3 Å². The molecule has 1 atom stereocenters. The summed E-state index contributed by atoms with van der Waals surface area (Å²) in [5.74, 6) is 1.78. The van der Waals surface area contributed by atoms with E-state index >= 15 is 0 Å². The van der Waals surface area contributed by atoms with E-state index in [9.17, 15) is 8.42 Å². The maximum Gasteiger partial charge on any atom is 0.240 e. The van der Waals surface area contributed by atoms with Gasteiger partial charge in [-0.2, -0.15) is 0 Å². The van der Waals surface area contributed by atoms with Crippen LogP contribution in [0.1, 0.15) is 18.5 Å². The molecule has 1 fully saturated rings. The molecule has 2 aromatic carbocycles. The number of para-hydroxylation sites is 1. The van der Waals surface area contributed by atoms with Gasteiger partial charge in [0.1, 0.15) is 19.0 Å². The van der Waals surface area contributed by atoms with Crippen LogP contribution >= 0.6 is 0 Å². The lowest BCUT2D eigenvalue weighted by Gasteiger charge is -2.39. The first kappa shape index (κ1) is 22.8. The molecule has 0 aliphatic carbocycles. The van der Waals surface area contributed by atoms with E-state index in [4.69, 9.17) is 14.2 Å². The Hall–Kier alpha value is -2.33. The van der Waals surface area contributed by atoms with E-state index in [0.717, 1.165) is 44.0 Å².